The van der Waals surface area contributed by atoms with Crippen molar-refractivity contribution >= 4 is 17.8 Å². The van der Waals surface area contributed by atoms with Gasteiger partial charge in [-0.3, -0.25) is 9.59 Å². The Morgan fingerprint density at radius 2 is 1.82 bits per heavy atom. The second-order valence-corrected chi connectivity index (χ2v) is 3.34. The first-order valence-corrected chi connectivity index (χ1v) is 4.77. The van der Waals surface area contributed by atoms with Gasteiger partial charge in [-0.25, -0.2) is 4.79 Å². The summed E-state index contributed by atoms with van der Waals surface area (Å²) < 4.78 is 0. The maximum atomic E-state index is 11.4. The van der Waals surface area contributed by atoms with Crippen molar-refractivity contribution in [2.24, 2.45) is 0 Å². The number of aliphatic carboxylic acids is 1. The minimum atomic E-state index is -1.32. The molecule has 1 rings (SSSR count). The Labute approximate surface area is 97.2 Å². The molecular formula is C11H11NO5. The molecule has 0 aromatic heterocycles. The Morgan fingerprint density at radius 1 is 1.24 bits per heavy atom. The molecule has 0 aliphatic carbocycles. The van der Waals surface area contributed by atoms with E-state index in [-0.39, 0.29) is 0 Å². The molecule has 0 saturated heterocycles. The lowest BCUT2D eigenvalue weighted by Crippen LogP contribution is -2.28. The summed E-state index contributed by atoms with van der Waals surface area (Å²) in [6.07, 6.45) is -0.797. The van der Waals surface area contributed by atoms with Crippen LogP contribution in [0.5, 0.6) is 0 Å². The van der Waals surface area contributed by atoms with Gasteiger partial charge in [-0.15, -0.1) is 0 Å². The topological polar surface area (TPSA) is 92.7 Å². The molecular weight excluding hydrogens is 226 g/mol. The minimum Gasteiger partial charge on any atom is -0.481 e. The summed E-state index contributed by atoms with van der Waals surface area (Å²) in [5.74, 6) is -2.96. The highest BCUT2D eigenvalue weighted by Crippen LogP contribution is 2.02. The van der Waals surface area contributed by atoms with Gasteiger partial charge in [-0.05, 0) is 19.1 Å². The molecule has 0 heterocycles. The number of hydrogen-bond donors (Lipinski definition) is 2. The highest BCUT2D eigenvalue weighted by Gasteiger charge is 2.12. The quantitative estimate of drug-likeness (QED) is 0.595. The smallest absolute Gasteiger partial charge is 0.343 e. The molecule has 2 N–H and O–H groups in total. The molecule has 0 spiro atoms. The third kappa shape index (κ3) is 4.33. The second-order valence-electron chi connectivity index (χ2n) is 3.34. The van der Waals surface area contributed by atoms with Crippen LogP contribution in [0.2, 0.25) is 0 Å². The van der Waals surface area contributed by atoms with Crippen molar-refractivity contribution in [1.82, 2.24) is 5.48 Å². The highest BCUT2D eigenvalue weighted by molar-refractivity contribution is 5.95. The molecule has 0 fully saturated rings. The molecule has 0 saturated carbocycles. The van der Waals surface area contributed by atoms with Crippen LogP contribution >= 0.6 is 0 Å². The van der Waals surface area contributed by atoms with Crippen LogP contribution in [0.25, 0.3) is 0 Å². The van der Waals surface area contributed by atoms with Gasteiger partial charge in [0, 0.05) is 5.56 Å². The molecule has 0 atom stereocenters. The molecule has 6 heteroatoms. The van der Waals surface area contributed by atoms with Gasteiger partial charge in [0.25, 0.3) is 5.91 Å². The van der Waals surface area contributed by atoms with E-state index in [4.69, 9.17) is 5.11 Å². The summed E-state index contributed by atoms with van der Waals surface area (Å²) in [6, 6.07) is 6.59. The first kappa shape index (κ1) is 12.7. The number of hydroxylamine groups is 1. The third-order valence-corrected chi connectivity index (χ3v) is 1.87. The molecule has 90 valence electrons. The monoisotopic (exact) mass is 237 g/mol. The summed E-state index contributed by atoms with van der Waals surface area (Å²) in [5, 5.41) is 8.28. The van der Waals surface area contributed by atoms with Gasteiger partial charge in [0.1, 0.15) is 6.42 Å². The number of carbonyl (C=O) groups excluding carboxylic acids is 2. The van der Waals surface area contributed by atoms with Crippen molar-refractivity contribution < 1.29 is 24.3 Å². The lowest BCUT2D eigenvalue weighted by atomic mass is 10.1. The van der Waals surface area contributed by atoms with Crippen molar-refractivity contribution in [1.29, 1.82) is 0 Å². The Bertz CT molecular complexity index is 438. The van der Waals surface area contributed by atoms with Gasteiger partial charge in [-0.2, -0.15) is 5.48 Å². The number of amides is 1. The van der Waals surface area contributed by atoms with Crippen molar-refractivity contribution in [3.05, 3.63) is 35.4 Å². The summed E-state index contributed by atoms with van der Waals surface area (Å²) in [5.41, 5.74) is 3.18. The van der Waals surface area contributed by atoms with Gasteiger partial charge >= 0.3 is 11.9 Å². The first-order chi connectivity index (χ1) is 7.99. The predicted octanol–water partition coefficient (Wildman–Crippen LogP) is 0.658. The third-order valence-electron chi connectivity index (χ3n) is 1.87. The molecule has 0 radical (unpaired) electrons. The van der Waals surface area contributed by atoms with E-state index in [9.17, 15) is 14.4 Å². The number of carbonyl (C=O) groups is 3. The zero-order valence-electron chi connectivity index (χ0n) is 9.10. The zero-order valence-corrected chi connectivity index (χ0v) is 9.10. The van der Waals surface area contributed by atoms with Crippen LogP contribution in [0.4, 0.5) is 0 Å². The Hall–Kier alpha value is -2.37. The van der Waals surface area contributed by atoms with Crippen molar-refractivity contribution in [2.75, 3.05) is 0 Å². The molecule has 0 unspecified atom stereocenters. The van der Waals surface area contributed by atoms with Gasteiger partial charge < -0.3 is 9.94 Å². The molecule has 1 aromatic rings. The average Bonchev–Trinajstić information content (AvgIpc) is 2.26. The van der Waals surface area contributed by atoms with E-state index in [0.29, 0.717) is 5.56 Å². The molecule has 0 aliphatic rings. The van der Waals surface area contributed by atoms with Gasteiger partial charge in [-0.1, -0.05) is 17.7 Å². The number of hydrogen-bond acceptors (Lipinski definition) is 4. The van der Waals surface area contributed by atoms with Crippen LogP contribution in [0, 0.1) is 6.92 Å². The number of carboxylic acids is 1. The van der Waals surface area contributed by atoms with Gasteiger partial charge in [0.05, 0.1) is 0 Å². The molecule has 6 nitrogen and oxygen atoms in total. The maximum Gasteiger partial charge on any atom is 0.343 e. The fraction of sp³-hybridized carbons (Fsp3) is 0.182. The van der Waals surface area contributed by atoms with E-state index < -0.39 is 24.3 Å². The average molecular weight is 237 g/mol. The van der Waals surface area contributed by atoms with E-state index in [0.717, 1.165) is 5.56 Å². The molecule has 1 amide bonds. The minimum absolute atomic E-state index is 0.318. The number of rotatable bonds is 3. The molecule has 0 bridgehead atoms. The number of carboxylic acid groups (broad SMARTS) is 1. The fourth-order valence-corrected chi connectivity index (χ4v) is 1.03. The summed E-state index contributed by atoms with van der Waals surface area (Å²) in [6.45, 7) is 1.87. The van der Waals surface area contributed by atoms with Crippen molar-refractivity contribution in [3.8, 4) is 0 Å². The van der Waals surface area contributed by atoms with Crippen LogP contribution in [-0.2, 0) is 14.4 Å². The van der Waals surface area contributed by atoms with Gasteiger partial charge in [0.15, 0.2) is 0 Å². The molecule has 17 heavy (non-hydrogen) atoms. The van der Waals surface area contributed by atoms with Crippen LogP contribution in [-0.4, -0.2) is 23.0 Å². The second kappa shape index (κ2) is 5.64. The van der Waals surface area contributed by atoms with E-state index in [1.54, 1.807) is 24.3 Å². The number of nitrogens with one attached hydrogen (secondary N) is 1. The lowest BCUT2D eigenvalue weighted by molar-refractivity contribution is -0.155. The van der Waals surface area contributed by atoms with E-state index >= 15 is 0 Å². The van der Waals surface area contributed by atoms with Crippen LogP contribution in [0.15, 0.2) is 24.3 Å². The standard InChI is InChI=1S/C11H11NO5/c1-7-2-4-8(5-3-7)11(16)12-17-10(15)6-9(13)14/h2-5H,6H2,1H3,(H,12,16)(H,13,14). The SMILES string of the molecule is Cc1ccc(C(=O)NOC(=O)CC(=O)O)cc1. The van der Waals surface area contributed by atoms with Gasteiger partial charge in [0.2, 0.25) is 0 Å². The van der Waals surface area contributed by atoms with Crippen LogP contribution in [0.1, 0.15) is 22.3 Å². The largest absolute Gasteiger partial charge is 0.481 e. The summed E-state index contributed by atoms with van der Waals surface area (Å²) in [7, 11) is 0. The first-order valence-electron chi connectivity index (χ1n) is 4.77. The lowest BCUT2D eigenvalue weighted by Gasteiger charge is -2.04. The molecule has 1 aromatic carbocycles. The Balaban J connectivity index is 2.47. The molecule has 0 aliphatic heterocycles. The van der Waals surface area contributed by atoms with Crippen molar-refractivity contribution in [3.63, 3.8) is 0 Å². The van der Waals surface area contributed by atoms with E-state index in [1.165, 1.54) is 0 Å². The van der Waals surface area contributed by atoms with Crippen molar-refractivity contribution in [2.45, 2.75) is 13.3 Å². The Kier molecular flexibility index (Phi) is 4.21. The fourth-order valence-electron chi connectivity index (χ4n) is 1.03. The number of aryl methyl sites for hydroxylation is 1. The number of benzene rings is 1. The predicted molar refractivity (Wildman–Crippen MR) is 57.0 cm³/mol. The Morgan fingerprint density at radius 3 is 2.35 bits per heavy atom. The summed E-state index contributed by atoms with van der Waals surface area (Å²) >= 11 is 0. The zero-order chi connectivity index (χ0) is 12.8. The highest BCUT2D eigenvalue weighted by atomic mass is 16.7. The van der Waals surface area contributed by atoms with Crippen LogP contribution < -0.4 is 5.48 Å². The van der Waals surface area contributed by atoms with E-state index in [2.05, 4.69) is 4.84 Å². The van der Waals surface area contributed by atoms with Crippen LogP contribution in [0.3, 0.4) is 0 Å². The summed E-state index contributed by atoms with van der Waals surface area (Å²) in [4.78, 5) is 36.7. The normalized spacial score (nSPS) is 9.47. The van der Waals surface area contributed by atoms with E-state index in [1.807, 2.05) is 12.4 Å². The maximum absolute atomic E-state index is 11.4.